The second kappa shape index (κ2) is 6.94. The molecule has 0 aliphatic rings. The summed E-state index contributed by atoms with van der Waals surface area (Å²) in [7, 11) is 0. The molecule has 0 atom stereocenters. The van der Waals surface area contributed by atoms with Gasteiger partial charge in [0.05, 0.1) is 19.1 Å². The standard InChI is InChI=1S/C17H14BrNO2S/c18-15-4-1-3-14(9-15)17(20)19(10-13-6-7-21-12-13)11-16-5-2-8-22-16/h1-9,12H,10-11H2. The second-order valence-electron chi connectivity index (χ2n) is 4.88. The van der Waals surface area contributed by atoms with E-state index in [2.05, 4.69) is 15.9 Å². The summed E-state index contributed by atoms with van der Waals surface area (Å²) in [6, 6.07) is 13.4. The minimum Gasteiger partial charge on any atom is -0.472 e. The lowest BCUT2D eigenvalue weighted by molar-refractivity contribution is 0.0731. The molecular formula is C17H14BrNO2S. The zero-order valence-corrected chi connectivity index (χ0v) is 14.1. The SMILES string of the molecule is O=C(c1cccc(Br)c1)N(Cc1ccoc1)Cc1cccs1. The maximum Gasteiger partial charge on any atom is 0.254 e. The fourth-order valence-electron chi connectivity index (χ4n) is 2.20. The molecule has 0 saturated carbocycles. The van der Waals surface area contributed by atoms with E-state index < -0.39 is 0 Å². The second-order valence-corrected chi connectivity index (χ2v) is 6.83. The molecule has 3 rings (SSSR count). The molecule has 0 N–H and O–H groups in total. The highest BCUT2D eigenvalue weighted by Crippen LogP contribution is 2.19. The Kier molecular flexibility index (Phi) is 4.75. The lowest BCUT2D eigenvalue weighted by atomic mass is 10.2. The molecule has 1 aromatic carbocycles. The fourth-order valence-corrected chi connectivity index (χ4v) is 3.32. The van der Waals surface area contributed by atoms with Crippen LogP contribution in [0, 0.1) is 0 Å². The van der Waals surface area contributed by atoms with Crippen LogP contribution in [0.5, 0.6) is 0 Å². The number of hydrogen-bond acceptors (Lipinski definition) is 3. The number of thiophene rings is 1. The van der Waals surface area contributed by atoms with Crippen molar-refractivity contribution in [1.29, 1.82) is 0 Å². The van der Waals surface area contributed by atoms with Crippen LogP contribution < -0.4 is 0 Å². The Morgan fingerprint density at radius 2 is 2.09 bits per heavy atom. The van der Waals surface area contributed by atoms with Crippen LogP contribution in [-0.4, -0.2) is 10.8 Å². The highest BCUT2D eigenvalue weighted by molar-refractivity contribution is 9.10. The lowest BCUT2D eigenvalue weighted by Crippen LogP contribution is -2.29. The first-order chi connectivity index (χ1) is 10.7. The van der Waals surface area contributed by atoms with Crippen molar-refractivity contribution in [3.63, 3.8) is 0 Å². The van der Waals surface area contributed by atoms with Crippen LogP contribution in [0.15, 0.2) is 69.3 Å². The van der Waals surface area contributed by atoms with Gasteiger partial charge >= 0.3 is 0 Å². The van der Waals surface area contributed by atoms with E-state index in [1.54, 1.807) is 23.9 Å². The van der Waals surface area contributed by atoms with Crippen molar-refractivity contribution in [2.75, 3.05) is 0 Å². The molecule has 0 bridgehead atoms. The normalized spacial score (nSPS) is 10.6. The van der Waals surface area contributed by atoms with Crippen LogP contribution in [0.3, 0.4) is 0 Å². The third kappa shape index (κ3) is 3.67. The molecule has 2 aromatic heterocycles. The van der Waals surface area contributed by atoms with E-state index >= 15 is 0 Å². The fraction of sp³-hybridized carbons (Fsp3) is 0.118. The van der Waals surface area contributed by atoms with Gasteiger partial charge in [-0.3, -0.25) is 4.79 Å². The van der Waals surface area contributed by atoms with Gasteiger partial charge in [0.1, 0.15) is 0 Å². The Bertz CT molecular complexity index is 702. The molecule has 0 fully saturated rings. The van der Waals surface area contributed by atoms with E-state index in [1.165, 1.54) is 0 Å². The predicted octanol–water partition coefficient (Wildman–Crippen LogP) is 4.95. The highest BCUT2D eigenvalue weighted by atomic mass is 79.9. The number of halogens is 1. The summed E-state index contributed by atoms with van der Waals surface area (Å²) in [5.41, 5.74) is 1.66. The van der Waals surface area contributed by atoms with Crippen LogP contribution in [0.2, 0.25) is 0 Å². The average Bonchev–Trinajstić information content (AvgIpc) is 3.19. The summed E-state index contributed by atoms with van der Waals surface area (Å²) >= 11 is 5.07. The quantitative estimate of drug-likeness (QED) is 0.632. The van der Waals surface area contributed by atoms with Gasteiger partial charge in [0.2, 0.25) is 0 Å². The van der Waals surface area contributed by atoms with Crippen molar-refractivity contribution in [3.8, 4) is 0 Å². The summed E-state index contributed by atoms with van der Waals surface area (Å²) in [5, 5.41) is 2.02. The van der Waals surface area contributed by atoms with Gasteiger partial charge < -0.3 is 9.32 Å². The molecule has 0 radical (unpaired) electrons. The number of amides is 1. The molecular weight excluding hydrogens is 362 g/mol. The predicted molar refractivity (Wildman–Crippen MR) is 90.7 cm³/mol. The highest BCUT2D eigenvalue weighted by Gasteiger charge is 2.17. The molecule has 0 unspecified atom stereocenters. The molecule has 0 saturated heterocycles. The number of furan rings is 1. The molecule has 3 aromatic rings. The summed E-state index contributed by atoms with van der Waals surface area (Å²) in [6.45, 7) is 1.12. The topological polar surface area (TPSA) is 33.5 Å². The van der Waals surface area contributed by atoms with E-state index in [4.69, 9.17) is 4.42 Å². The minimum atomic E-state index is 0.0101. The van der Waals surface area contributed by atoms with Crippen LogP contribution in [-0.2, 0) is 13.1 Å². The Morgan fingerprint density at radius 1 is 1.18 bits per heavy atom. The van der Waals surface area contributed by atoms with Gasteiger partial charge in [-0.05, 0) is 35.7 Å². The van der Waals surface area contributed by atoms with Crippen LogP contribution in [0.4, 0.5) is 0 Å². The average molecular weight is 376 g/mol. The van der Waals surface area contributed by atoms with E-state index in [-0.39, 0.29) is 5.91 Å². The van der Waals surface area contributed by atoms with Crippen molar-refractivity contribution in [2.24, 2.45) is 0 Å². The first-order valence-electron chi connectivity index (χ1n) is 6.80. The van der Waals surface area contributed by atoms with Gasteiger partial charge in [0.25, 0.3) is 5.91 Å². The molecule has 0 aliphatic carbocycles. The van der Waals surface area contributed by atoms with Gasteiger partial charge in [-0.15, -0.1) is 11.3 Å². The van der Waals surface area contributed by atoms with Gasteiger partial charge in [-0.1, -0.05) is 28.1 Å². The summed E-state index contributed by atoms with van der Waals surface area (Å²) in [4.78, 5) is 15.8. The van der Waals surface area contributed by atoms with Gasteiger partial charge in [-0.25, -0.2) is 0 Å². The molecule has 1 amide bonds. The van der Waals surface area contributed by atoms with Crippen molar-refractivity contribution < 1.29 is 9.21 Å². The summed E-state index contributed by atoms with van der Waals surface area (Å²) in [6.07, 6.45) is 3.30. The number of carbonyl (C=O) groups is 1. The molecule has 5 heteroatoms. The molecule has 22 heavy (non-hydrogen) atoms. The Labute approximate surface area is 141 Å². The maximum absolute atomic E-state index is 12.8. The zero-order chi connectivity index (χ0) is 15.4. The van der Waals surface area contributed by atoms with Gasteiger partial charge in [0, 0.05) is 27.0 Å². The largest absolute Gasteiger partial charge is 0.472 e. The van der Waals surface area contributed by atoms with Crippen molar-refractivity contribution in [2.45, 2.75) is 13.1 Å². The van der Waals surface area contributed by atoms with E-state index in [0.29, 0.717) is 18.7 Å². The lowest BCUT2D eigenvalue weighted by Gasteiger charge is -2.21. The van der Waals surface area contributed by atoms with E-state index in [9.17, 15) is 4.79 Å². The third-order valence-corrected chi connectivity index (χ3v) is 4.59. The number of hydrogen-bond donors (Lipinski definition) is 0. The molecule has 0 aliphatic heterocycles. The van der Waals surface area contributed by atoms with Crippen LogP contribution in [0.25, 0.3) is 0 Å². The third-order valence-electron chi connectivity index (χ3n) is 3.24. The van der Waals surface area contributed by atoms with Crippen LogP contribution >= 0.6 is 27.3 Å². The Morgan fingerprint density at radius 3 is 2.77 bits per heavy atom. The van der Waals surface area contributed by atoms with E-state index in [0.717, 1.165) is 14.9 Å². The monoisotopic (exact) mass is 375 g/mol. The van der Waals surface area contributed by atoms with E-state index in [1.807, 2.05) is 52.7 Å². The molecule has 0 spiro atoms. The number of benzene rings is 1. The molecule has 112 valence electrons. The Balaban J connectivity index is 1.85. The zero-order valence-electron chi connectivity index (χ0n) is 11.7. The number of nitrogens with zero attached hydrogens (tertiary/aromatic N) is 1. The van der Waals surface area contributed by atoms with Crippen molar-refractivity contribution in [3.05, 3.63) is 80.8 Å². The van der Waals surface area contributed by atoms with Crippen molar-refractivity contribution in [1.82, 2.24) is 4.90 Å². The van der Waals surface area contributed by atoms with Gasteiger partial charge in [-0.2, -0.15) is 0 Å². The number of carbonyl (C=O) groups excluding carboxylic acids is 1. The van der Waals surface area contributed by atoms with Crippen LogP contribution in [0.1, 0.15) is 20.8 Å². The summed E-state index contributed by atoms with van der Waals surface area (Å²) < 4.78 is 6.01. The van der Waals surface area contributed by atoms with Crippen molar-refractivity contribution >= 4 is 33.2 Å². The Hall–Kier alpha value is -1.85. The maximum atomic E-state index is 12.8. The number of rotatable bonds is 5. The first kappa shape index (κ1) is 15.1. The molecule has 2 heterocycles. The molecule has 3 nitrogen and oxygen atoms in total. The summed E-state index contributed by atoms with van der Waals surface area (Å²) in [5.74, 6) is 0.0101. The first-order valence-corrected chi connectivity index (χ1v) is 8.48. The smallest absolute Gasteiger partial charge is 0.254 e. The van der Waals surface area contributed by atoms with Gasteiger partial charge in [0.15, 0.2) is 0 Å². The minimum absolute atomic E-state index is 0.0101.